The Morgan fingerprint density at radius 2 is 2.00 bits per heavy atom. The van der Waals surface area contributed by atoms with Crippen LogP contribution in [0.15, 0.2) is 11.4 Å². The van der Waals surface area contributed by atoms with Crippen molar-refractivity contribution in [2.24, 2.45) is 0 Å². The average Bonchev–Trinajstić information content (AvgIpc) is 2.91. The number of aromatic nitrogens is 2. The average molecular weight is 410 g/mol. The summed E-state index contributed by atoms with van der Waals surface area (Å²) in [5.74, 6) is -0.521. The van der Waals surface area contributed by atoms with Crippen LogP contribution in [0.3, 0.4) is 0 Å². The third-order valence-electron chi connectivity index (χ3n) is 4.39. The molecule has 0 spiro atoms. The molecule has 1 aliphatic heterocycles. The van der Waals surface area contributed by atoms with Crippen LogP contribution in [0.1, 0.15) is 24.3 Å². The largest absolute Gasteiger partial charge is 0.455 e. The second kappa shape index (κ2) is 8.53. The standard InChI is InChI=1S/C18H23N3O4S2/c1-10-5-21(6-11(2)25-10)14(22)7-24-15(23)8-26-17-16-12(3)13(4)27-18(16)20-9-19-17/h9-11H,5-8H2,1-4H3/t10-,11+. The Hall–Kier alpha value is -1.71. The summed E-state index contributed by atoms with van der Waals surface area (Å²) in [7, 11) is 0. The fraction of sp³-hybridized carbons (Fsp3) is 0.556. The van der Waals surface area contributed by atoms with Gasteiger partial charge in [-0.25, -0.2) is 9.97 Å². The van der Waals surface area contributed by atoms with Crippen LogP contribution in [0.5, 0.6) is 0 Å². The van der Waals surface area contributed by atoms with Crippen molar-refractivity contribution in [3.63, 3.8) is 0 Å². The van der Waals surface area contributed by atoms with Gasteiger partial charge < -0.3 is 14.4 Å². The molecule has 0 N–H and O–H groups in total. The van der Waals surface area contributed by atoms with E-state index in [1.807, 2.05) is 27.7 Å². The number of rotatable bonds is 5. The maximum Gasteiger partial charge on any atom is 0.316 e. The van der Waals surface area contributed by atoms with Crippen LogP contribution >= 0.6 is 23.1 Å². The highest BCUT2D eigenvalue weighted by atomic mass is 32.2. The Morgan fingerprint density at radius 1 is 1.30 bits per heavy atom. The van der Waals surface area contributed by atoms with Crippen molar-refractivity contribution < 1.29 is 19.1 Å². The van der Waals surface area contributed by atoms with Crippen molar-refractivity contribution >= 4 is 45.2 Å². The molecule has 1 fully saturated rings. The molecule has 3 heterocycles. The minimum absolute atomic E-state index is 0.0126. The zero-order valence-electron chi connectivity index (χ0n) is 15.9. The maximum atomic E-state index is 12.3. The molecule has 2 aromatic rings. The number of hydrogen-bond donors (Lipinski definition) is 0. The van der Waals surface area contributed by atoms with Gasteiger partial charge in [-0.15, -0.1) is 11.3 Å². The normalized spacial score (nSPS) is 20.1. The third-order valence-corrected chi connectivity index (χ3v) is 6.46. The quantitative estimate of drug-likeness (QED) is 0.426. The number of carbonyl (C=O) groups is 2. The summed E-state index contributed by atoms with van der Waals surface area (Å²) < 4.78 is 10.8. The molecule has 0 bridgehead atoms. The summed E-state index contributed by atoms with van der Waals surface area (Å²) >= 11 is 2.93. The molecule has 0 radical (unpaired) electrons. The molecular formula is C18H23N3O4S2. The number of esters is 1. The molecule has 2 aromatic heterocycles. The Bertz CT molecular complexity index is 844. The molecule has 9 heteroatoms. The molecule has 1 aliphatic rings. The van der Waals surface area contributed by atoms with Gasteiger partial charge in [-0.05, 0) is 33.3 Å². The lowest BCUT2D eigenvalue weighted by atomic mass is 10.2. The Labute approximate surface area is 166 Å². The second-order valence-corrected chi connectivity index (χ2v) is 8.81. The van der Waals surface area contributed by atoms with E-state index >= 15 is 0 Å². The van der Waals surface area contributed by atoms with E-state index in [1.165, 1.54) is 23.0 Å². The van der Waals surface area contributed by atoms with E-state index in [0.717, 1.165) is 20.8 Å². The molecule has 0 aliphatic carbocycles. The van der Waals surface area contributed by atoms with Gasteiger partial charge >= 0.3 is 5.97 Å². The summed E-state index contributed by atoms with van der Waals surface area (Å²) in [6, 6.07) is 0. The molecule has 7 nitrogen and oxygen atoms in total. The highest BCUT2D eigenvalue weighted by molar-refractivity contribution is 8.00. The number of morpholine rings is 1. The van der Waals surface area contributed by atoms with Crippen molar-refractivity contribution in [1.82, 2.24) is 14.9 Å². The van der Waals surface area contributed by atoms with E-state index in [4.69, 9.17) is 9.47 Å². The van der Waals surface area contributed by atoms with Crippen molar-refractivity contribution in [3.8, 4) is 0 Å². The fourth-order valence-electron chi connectivity index (χ4n) is 3.04. The summed E-state index contributed by atoms with van der Waals surface area (Å²) in [4.78, 5) is 36.7. The van der Waals surface area contributed by atoms with Gasteiger partial charge in [-0.2, -0.15) is 0 Å². The van der Waals surface area contributed by atoms with Crippen LogP contribution in [0.4, 0.5) is 0 Å². The summed E-state index contributed by atoms with van der Waals surface area (Å²) in [5.41, 5.74) is 1.14. The number of nitrogens with zero attached hydrogens (tertiary/aromatic N) is 3. The molecule has 2 atom stereocenters. The maximum absolute atomic E-state index is 12.3. The van der Waals surface area contributed by atoms with E-state index in [0.29, 0.717) is 13.1 Å². The number of thioether (sulfide) groups is 1. The van der Waals surface area contributed by atoms with Crippen molar-refractivity contribution in [3.05, 3.63) is 16.8 Å². The smallest absolute Gasteiger partial charge is 0.316 e. The Kier molecular flexibility index (Phi) is 6.33. The van der Waals surface area contributed by atoms with Crippen LogP contribution in [0.2, 0.25) is 0 Å². The molecule has 1 saturated heterocycles. The van der Waals surface area contributed by atoms with Gasteiger partial charge in [-0.1, -0.05) is 11.8 Å². The van der Waals surface area contributed by atoms with Crippen LogP contribution in [-0.4, -0.2) is 64.4 Å². The predicted molar refractivity (Wildman–Crippen MR) is 105 cm³/mol. The summed E-state index contributed by atoms with van der Waals surface area (Å²) in [5, 5.41) is 1.76. The zero-order chi connectivity index (χ0) is 19.6. The van der Waals surface area contributed by atoms with Crippen molar-refractivity contribution in [1.29, 1.82) is 0 Å². The van der Waals surface area contributed by atoms with Crippen LogP contribution in [0, 0.1) is 13.8 Å². The SMILES string of the molecule is Cc1sc2ncnc(SCC(=O)OCC(=O)N3C[C@@H](C)O[C@@H](C)C3)c2c1C. The van der Waals surface area contributed by atoms with Gasteiger partial charge in [0.15, 0.2) is 6.61 Å². The minimum atomic E-state index is -0.431. The molecule has 0 saturated carbocycles. The number of thiophene rings is 1. The number of aryl methyl sites for hydroxylation is 2. The highest BCUT2D eigenvalue weighted by Crippen LogP contribution is 2.34. The molecular weight excluding hydrogens is 386 g/mol. The lowest BCUT2D eigenvalue weighted by molar-refractivity contribution is -0.155. The second-order valence-electron chi connectivity index (χ2n) is 6.65. The van der Waals surface area contributed by atoms with E-state index in [9.17, 15) is 9.59 Å². The number of ether oxygens (including phenoxy) is 2. The predicted octanol–water partition coefficient (Wildman–Crippen LogP) is 2.58. The van der Waals surface area contributed by atoms with Gasteiger partial charge in [-0.3, -0.25) is 9.59 Å². The molecule has 1 amide bonds. The number of amides is 1. The molecule has 0 aromatic carbocycles. The monoisotopic (exact) mass is 409 g/mol. The number of hydrogen-bond acceptors (Lipinski definition) is 8. The van der Waals surface area contributed by atoms with Gasteiger partial charge in [0, 0.05) is 23.4 Å². The first kappa shape index (κ1) is 20.0. The summed E-state index contributed by atoms with van der Waals surface area (Å²) in [6.07, 6.45) is 1.48. The minimum Gasteiger partial charge on any atom is -0.455 e. The first-order valence-corrected chi connectivity index (χ1v) is 10.6. The van der Waals surface area contributed by atoms with Gasteiger partial charge in [0.2, 0.25) is 0 Å². The third kappa shape index (κ3) is 4.77. The fourth-order valence-corrected chi connectivity index (χ4v) is 4.96. The lowest BCUT2D eigenvalue weighted by Gasteiger charge is -2.35. The van der Waals surface area contributed by atoms with Crippen LogP contribution in [0.25, 0.3) is 10.2 Å². The molecule has 0 unspecified atom stereocenters. The van der Waals surface area contributed by atoms with Gasteiger partial charge in [0.25, 0.3) is 5.91 Å². The number of carbonyl (C=O) groups excluding carboxylic acids is 2. The van der Waals surface area contributed by atoms with Crippen LogP contribution < -0.4 is 0 Å². The summed E-state index contributed by atoms with van der Waals surface area (Å²) in [6.45, 7) is 8.72. The van der Waals surface area contributed by atoms with E-state index in [1.54, 1.807) is 16.2 Å². The van der Waals surface area contributed by atoms with E-state index < -0.39 is 5.97 Å². The molecule has 27 heavy (non-hydrogen) atoms. The van der Waals surface area contributed by atoms with Gasteiger partial charge in [0.1, 0.15) is 16.2 Å². The van der Waals surface area contributed by atoms with E-state index in [-0.39, 0.29) is 30.5 Å². The number of fused-ring (bicyclic) bond motifs is 1. The van der Waals surface area contributed by atoms with E-state index in [2.05, 4.69) is 9.97 Å². The zero-order valence-corrected chi connectivity index (χ0v) is 17.5. The Morgan fingerprint density at radius 3 is 2.70 bits per heavy atom. The lowest BCUT2D eigenvalue weighted by Crippen LogP contribution is -2.49. The molecule has 146 valence electrons. The highest BCUT2D eigenvalue weighted by Gasteiger charge is 2.26. The van der Waals surface area contributed by atoms with Crippen molar-refractivity contribution in [2.75, 3.05) is 25.4 Å². The van der Waals surface area contributed by atoms with Crippen molar-refractivity contribution in [2.45, 2.75) is 44.9 Å². The first-order chi connectivity index (χ1) is 12.8. The van der Waals surface area contributed by atoms with Gasteiger partial charge in [0.05, 0.1) is 18.0 Å². The Balaban J connectivity index is 1.52. The first-order valence-electron chi connectivity index (χ1n) is 8.77. The topological polar surface area (TPSA) is 81.6 Å². The molecule has 3 rings (SSSR count). The van der Waals surface area contributed by atoms with Crippen LogP contribution in [-0.2, 0) is 19.1 Å².